The molecule has 1 aromatic rings. The number of hydrogen-bond acceptors (Lipinski definition) is 4. The van der Waals surface area contributed by atoms with E-state index in [4.69, 9.17) is 0 Å². The molecule has 0 aromatic carbocycles. The van der Waals surface area contributed by atoms with Gasteiger partial charge in [-0.3, -0.25) is 14.7 Å². The van der Waals surface area contributed by atoms with E-state index >= 15 is 0 Å². The fraction of sp³-hybridized carbons (Fsp3) is 0.667. The van der Waals surface area contributed by atoms with Crippen molar-refractivity contribution in [2.75, 3.05) is 46.3 Å². The monoisotopic (exact) mass is 316 g/mol. The number of pyridine rings is 1. The summed E-state index contributed by atoms with van der Waals surface area (Å²) >= 11 is 0. The average Bonchev–Trinajstić information content (AvgIpc) is 2.55. The smallest absolute Gasteiger partial charge is 0.256 e. The summed E-state index contributed by atoms with van der Waals surface area (Å²) < 4.78 is 0. The van der Waals surface area contributed by atoms with Crippen LogP contribution in [0.25, 0.3) is 0 Å². The van der Waals surface area contributed by atoms with Crippen LogP contribution in [0.15, 0.2) is 12.3 Å². The van der Waals surface area contributed by atoms with Gasteiger partial charge < -0.3 is 9.80 Å². The Labute approximate surface area is 139 Å². The zero-order chi connectivity index (χ0) is 16.4. The first-order chi connectivity index (χ1) is 11.1. The molecule has 0 saturated carbocycles. The third kappa shape index (κ3) is 3.56. The van der Waals surface area contributed by atoms with E-state index in [0.717, 1.165) is 43.0 Å². The van der Waals surface area contributed by atoms with Crippen LogP contribution in [0.4, 0.5) is 0 Å². The van der Waals surface area contributed by atoms with Crippen molar-refractivity contribution in [2.45, 2.75) is 32.7 Å². The summed E-state index contributed by atoms with van der Waals surface area (Å²) in [6.07, 6.45) is 4.29. The van der Waals surface area contributed by atoms with Gasteiger partial charge in [-0.15, -0.1) is 0 Å². The van der Waals surface area contributed by atoms with Gasteiger partial charge in [0.25, 0.3) is 5.91 Å². The molecular weight excluding hydrogens is 288 g/mol. The maximum Gasteiger partial charge on any atom is 0.256 e. The summed E-state index contributed by atoms with van der Waals surface area (Å²) in [5.41, 5.74) is 2.66. The van der Waals surface area contributed by atoms with Crippen LogP contribution in [0.1, 0.15) is 34.5 Å². The van der Waals surface area contributed by atoms with Gasteiger partial charge in [0.2, 0.25) is 0 Å². The van der Waals surface area contributed by atoms with Gasteiger partial charge in [-0.05, 0) is 58.5 Å². The number of nitrogens with zero attached hydrogens (tertiary/aromatic N) is 4. The Bertz CT molecular complexity index is 538. The Morgan fingerprint density at radius 3 is 2.35 bits per heavy atom. The highest BCUT2D eigenvalue weighted by Gasteiger charge is 2.29. The molecule has 2 fully saturated rings. The lowest BCUT2D eigenvalue weighted by atomic mass is 10.0. The van der Waals surface area contributed by atoms with Crippen molar-refractivity contribution in [3.8, 4) is 0 Å². The number of aryl methyl sites for hydroxylation is 2. The fourth-order valence-electron chi connectivity index (χ4n) is 3.83. The van der Waals surface area contributed by atoms with Gasteiger partial charge >= 0.3 is 0 Å². The molecule has 5 heteroatoms. The van der Waals surface area contributed by atoms with E-state index in [2.05, 4.69) is 21.8 Å². The molecule has 0 unspecified atom stereocenters. The topological polar surface area (TPSA) is 39.7 Å². The molecule has 3 rings (SSSR count). The van der Waals surface area contributed by atoms with E-state index in [1.807, 2.05) is 24.8 Å². The van der Waals surface area contributed by atoms with Crippen LogP contribution in [-0.2, 0) is 0 Å². The predicted octanol–water partition coefficient (Wildman–Crippen LogP) is 1.55. The number of rotatable bonds is 2. The Morgan fingerprint density at radius 1 is 1.09 bits per heavy atom. The third-order valence-corrected chi connectivity index (χ3v) is 5.37. The molecule has 0 N–H and O–H groups in total. The second-order valence-corrected chi connectivity index (χ2v) is 6.95. The number of piperidine rings is 1. The van der Waals surface area contributed by atoms with Gasteiger partial charge in [-0.2, -0.15) is 0 Å². The molecule has 3 heterocycles. The first-order valence-electron chi connectivity index (χ1n) is 8.70. The van der Waals surface area contributed by atoms with Gasteiger partial charge in [0.15, 0.2) is 0 Å². The highest BCUT2D eigenvalue weighted by atomic mass is 16.2. The molecule has 2 aliphatic rings. The van der Waals surface area contributed by atoms with Gasteiger partial charge in [-0.1, -0.05) is 0 Å². The molecule has 1 aromatic heterocycles. The van der Waals surface area contributed by atoms with Crippen LogP contribution in [0.5, 0.6) is 0 Å². The number of amides is 1. The van der Waals surface area contributed by atoms with Crippen molar-refractivity contribution in [1.82, 2.24) is 19.7 Å². The van der Waals surface area contributed by atoms with E-state index in [-0.39, 0.29) is 5.91 Å². The maximum absolute atomic E-state index is 12.8. The van der Waals surface area contributed by atoms with Crippen LogP contribution in [-0.4, -0.2) is 77.9 Å². The lowest BCUT2D eigenvalue weighted by Crippen LogP contribution is -2.54. The van der Waals surface area contributed by atoms with Crippen molar-refractivity contribution in [3.05, 3.63) is 29.1 Å². The molecule has 0 spiro atoms. The van der Waals surface area contributed by atoms with Crippen molar-refractivity contribution in [2.24, 2.45) is 0 Å². The molecule has 2 saturated heterocycles. The van der Waals surface area contributed by atoms with Gasteiger partial charge in [-0.25, -0.2) is 0 Å². The Kier molecular flexibility index (Phi) is 4.97. The summed E-state index contributed by atoms with van der Waals surface area (Å²) in [6, 6.07) is 2.62. The number of likely N-dealkylation sites (tertiary alicyclic amines) is 1. The minimum Gasteiger partial charge on any atom is -0.336 e. The van der Waals surface area contributed by atoms with Crippen molar-refractivity contribution >= 4 is 5.91 Å². The van der Waals surface area contributed by atoms with E-state index in [0.29, 0.717) is 6.04 Å². The number of aromatic nitrogens is 1. The highest BCUT2D eigenvalue weighted by Crippen LogP contribution is 2.19. The van der Waals surface area contributed by atoms with Crippen LogP contribution >= 0.6 is 0 Å². The van der Waals surface area contributed by atoms with Crippen molar-refractivity contribution in [1.29, 1.82) is 0 Å². The molecule has 23 heavy (non-hydrogen) atoms. The summed E-state index contributed by atoms with van der Waals surface area (Å²) in [5, 5.41) is 0. The number of carbonyl (C=O) groups is 1. The van der Waals surface area contributed by atoms with Crippen LogP contribution in [0.2, 0.25) is 0 Å². The predicted molar refractivity (Wildman–Crippen MR) is 91.7 cm³/mol. The minimum absolute atomic E-state index is 0.149. The van der Waals surface area contributed by atoms with E-state index in [1.165, 1.54) is 25.9 Å². The third-order valence-electron chi connectivity index (χ3n) is 5.37. The summed E-state index contributed by atoms with van der Waals surface area (Å²) in [5.74, 6) is 0.149. The maximum atomic E-state index is 12.8. The molecule has 0 atom stereocenters. The Morgan fingerprint density at radius 2 is 1.74 bits per heavy atom. The van der Waals surface area contributed by atoms with E-state index in [9.17, 15) is 4.79 Å². The first kappa shape index (κ1) is 16.4. The second-order valence-electron chi connectivity index (χ2n) is 6.95. The SMILES string of the molecule is Cc1ccnc(C)c1C(=O)N1CCN(C2CCN(C)CC2)CC1. The number of carbonyl (C=O) groups excluding carboxylic acids is 1. The fourth-order valence-corrected chi connectivity index (χ4v) is 3.83. The number of piperazine rings is 1. The largest absolute Gasteiger partial charge is 0.336 e. The highest BCUT2D eigenvalue weighted by molar-refractivity contribution is 5.96. The standard InChI is InChI=1S/C18H28N4O/c1-14-4-7-19-15(2)17(14)18(23)22-12-10-21(11-13-22)16-5-8-20(3)9-6-16/h4,7,16H,5-6,8-13H2,1-3H3. The first-order valence-corrected chi connectivity index (χ1v) is 8.70. The Balaban J connectivity index is 1.59. The zero-order valence-corrected chi connectivity index (χ0v) is 14.6. The summed E-state index contributed by atoms with van der Waals surface area (Å²) in [7, 11) is 2.20. The molecule has 0 aliphatic carbocycles. The quantitative estimate of drug-likeness (QED) is 0.830. The lowest BCUT2D eigenvalue weighted by molar-refractivity contribution is 0.0473. The molecule has 0 bridgehead atoms. The van der Waals surface area contributed by atoms with Crippen LogP contribution in [0.3, 0.4) is 0 Å². The summed E-state index contributed by atoms with van der Waals surface area (Å²) in [6.45, 7) is 9.97. The molecule has 0 radical (unpaired) electrons. The minimum atomic E-state index is 0.149. The van der Waals surface area contributed by atoms with E-state index in [1.54, 1.807) is 6.20 Å². The molecule has 126 valence electrons. The molecule has 2 aliphatic heterocycles. The lowest BCUT2D eigenvalue weighted by Gasteiger charge is -2.42. The van der Waals surface area contributed by atoms with Gasteiger partial charge in [0.05, 0.1) is 11.3 Å². The van der Waals surface area contributed by atoms with Crippen LogP contribution < -0.4 is 0 Å². The summed E-state index contributed by atoms with van der Waals surface area (Å²) in [4.78, 5) is 24.1. The number of hydrogen-bond donors (Lipinski definition) is 0. The van der Waals surface area contributed by atoms with Crippen molar-refractivity contribution < 1.29 is 4.79 Å². The molecule has 1 amide bonds. The molecular formula is C18H28N4O. The Hall–Kier alpha value is -1.46. The molecule has 5 nitrogen and oxygen atoms in total. The zero-order valence-electron chi connectivity index (χ0n) is 14.6. The van der Waals surface area contributed by atoms with Crippen LogP contribution in [0, 0.1) is 13.8 Å². The average molecular weight is 316 g/mol. The van der Waals surface area contributed by atoms with Gasteiger partial charge in [0, 0.05) is 38.4 Å². The van der Waals surface area contributed by atoms with Crippen molar-refractivity contribution in [3.63, 3.8) is 0 Å². The second kappa shape index (κ2) is 6.97. The normalized spacial score (nSPS) is 21.6. The van der Waals surface area contributed by atoms with Gasteiger partial charge in [0.1, 0.15) is 0 Å². The van der Waals surface area contributed by atoms with E-state index < -0.39 is 0 Å².